The van der Waals surface area contributed by atoms with Crippen molar-refractivity contribution in [1.82, 2.24) is 0 Å². The van der Waals surface area contributed by atoms with Gasteiger partial charge in [0.15, 0.2) is 0 Å². The fourth-order valence-electron chi connectivity index (χ4n) is 1.38. The molecule has 0 aliphatic carbocycles. The van der Waals surface area contributed by atoms with E-state index in [2.05, 4.69) is 20.7 Å². The van der Waals surface area contributed by atoms with Crippen molar-refractivity contribution in [3.05, 3.63) is 35.4 Å². The average molecular weight is 323 g/mol. The molecule has 100 valence electrons. The van der Waals surface area contributed by atoms with Crippen LogP contribution in [0.2, 0.25) is 0 Å². The molecule has 0 radical (unpaired) electrons. The van der Waals surface area contributed by atoms with E-state index in [9.17, 15) is 13.2 Å². The second kappa shape index (κ2) is 6.27. The fourth-order valence-corrected chi connectivity index (χ4v) is 2.18. The third-order valence-corrected chi connectivity index (χ3v) is 2.99. The Morgan fingerprint density at radius 1 is 1.39 bits per heavy atom. The predicted octanol–water partition coefficient (Wildman–Crippen LogP) is 5.02. The molecule has 0 N–H and O–H groups in total. The first-order valence-corrected chi connectivity index (χ1v) is 6.56. The Kier molecular flexibility index (Phi) is 5.26. The minimum Gasteiger partial charge on any atom is -0.406 e. The second-order valence-corrected chi connectivity index (χ2v) is 4.69. The number of hydrogen-bond donors (Lipinski definition) is 0. The molecule has 0 heterocycles. The molecule has 0 fully saturated rings. The molecule has 0 aromatic heterocycles. The van der Waals surface area contributed by atoms with Crippen LogP contribution in [-0.4, -0.2) is 11.7 Å². The molecule has 0 saturated heterocycles. The normalized spacial score (nSPS) is 12.9. The molecule has 1 nitrogen and oxygen atoms in total. The van der Waals surface area contributed by atoms with Crippen LogP contribution in [0.15, 0.2) is 29.8 Å². The monoisotopic (exact) mass is 322 g/mol. The van der Waals surface area contributed by atoms with E-state index >= 15 is 0 Å². The highest BCUT2D eigenvalue weighted by atomic mass is 79.9. The van der Waals surface area contributed by atoms with Crippen molar-refractivity contribution in [2.24, 2.45) is 5.92 Å². The van der Waals surface area contributed by atoms with E-state index in [1.54, 1.807) is 12.1 Å². The van der Waals surface area contributed by atoms with Gasteiger partial charge in [-0.2, -0.15) is 0 Å². The molecule has 0 spiro atoms. The van der Waals surface area contributed by atoms with Crippen molar-refractivity contribution in [1.29, 1.82) is 0 Å². The summed E-state index contributed by atoms with van der Waals surface area (Å²) in [4.78, 5) is 0. The molecule has 5 heteroatoms. The Hall–Kier alpha value is -0.970. The van der Waals surface area contributed by atoms with Gasteiger partial charge >= 0.3 is 6.36 Å². The zero-order valence-corrected chi connectivity index (χ0v) is 11.7. The van der Waals surface area contributed by atoms with Crippen molar-refractivity contribution in [2.45, 2.75) is 20.2 Å². The summed E-state index contributed by atoms with van der Waals surface area (Å²) in [7, 11) is 0. The molecule has 18 heavy (non-hydrogen) atoms. The quantitative estimate of drug-likeness (QED) is 0.707. The second-order valence-electron chi connectivity index (χ2n) is 4.13. The summed E-state index contributed by atoms with van der Waals surface area (Å²) in [5, 5.41) is 0.690. The number of benzene rings is 1. The molecule has 0 unspecified atom stereocenters. The molecular weight excluding hydrogens is 309 g/mol. The van der Waals surface area contributed by atoms with Crippen molar-refractivity contribution in [2.75, 3.05) is 5.33 Å². The van der Waals surface area contributed by atoms with Crippen LogP contribution in [-0.2, 0) is 0 Å². The SMILES string of the molecule is CC(C)/C(=C/c1cccc(OC(F)(F)F)c1)CBr. The van der Waals surface area contributed by atoms with Gasteiger partial charge in [-0.05, 0) is 23.6 Å². The average Bonchev–Trinajstić information content (AvgIpc) is 2.23. The molecule has 1 rings (SSSR count). The topological polar surface area (TPSA) is 9.23 Å². The van der Waals surface area contributed by atoms with E-state index in [4.69, 9.17) is 0 Å². The van der Waals surface area contributed by atoms with Crippen LogP contribution >= 0.6 is 15.9 Å². The summed E-state index contributed by atoms with van der Waals surface area (Å²) >= 11 is 3.36. The number of rotatable bonds is 4. The Bertz CT molecular complexity index is 424. The van der Waals surface area contributed by atoms with Gasteiger partial charge in [-0.15, -0.1) is 13.2 Å². The Morgan fingerprint density at radius 2 is 2.06 bits per heavy atom. The molecular formula is C13H14BrF3O. The Labute approximate surface area is 113 Å². The lowest BCUT2D eigenvalue weighted by molar-refractivity contribution is -0.274. The van der Waals surface area contributed by atoms with Gasteiger partial charge in [0, 0.05) is 5.33 Å². The van der Waals surface area contributed by atoms with E-state index in [-0.39, 0.29) is 5.75 Å². The maximum atomic E-state index is 12.1. The van der Waals surface area contributed by atoms with Gasteiger partial charge in [-0.25, -0.2) is 0 Å². The zero-order chi connectivity index (χ0) is 13.8. The zero-order valence-electron chi connectivity index (χ0n) is 10.1. The number of allylic oxidation sites excluding steroid dienone is 1. The number of alkyl halides is 4. The minimum atomic E-state index is -4.65. The van der Waals surface area contributed by atoms with Crippen molar-refractivity contribution in [3.63, 3.8) is 0 Å². The molecule has 1 aromatic rings. The third-order valence-electron chi connectivity index (χ3n) is 2.34. The molecule has 1 aromatic carbocycles. The van der Waals surface area contributed by atoms with Crippen LogP contribution in [0.4, 0.5) is 13.2 Å². The summed E-state index contributed by atoms with van der Waals surface area (Å²) < 4.78 is 40.1. The highest BCUT2D eigenvalue weighted by Gasteiger charge is 2.31. The highest BCUT2D eigenvalue weighted by Crippen LogP contribution is 2.25. The van der Waals surface area contributed by atoms with Crippen molar-refractivity contribution >= 4 is 22.0 Å². The van der Waals surface area contributed by atoms with Gasteiger partial charge in [0.25, 0.3) is 0 Å². The first-order valence-electron chi connectivity index (χ1n) is 5.44. The maximum Gasteiger partial charge on any atom is 0.573 e. The van der Waals surface area contributed by atoms with Gasteiger partial charge in [-0.3, -0.25) is 0 Å². The van der Waals surface area contributed by atoms with Gasteiger partial charge in [0.05, 0.1) is 0 Å². The van der Waals surface area contributed by atoms with Gasteiger partial charge in [-0.1, -0.05) is 53.6 Å². The summed E-state index contributed by atoms with van der Waals surface area (Å²) in [5.74, 6) is 0.130. The smallest absolute Gasteiger partial charge is 0.406 e. The lowest BCUT2D eigenvalue weighted by Crippen LogP contribution is -2.17. The predicted molar refractivity (Wildman–Crippen MR) is 69.7 cm³/mol. The molecule has 0 bridgehead atoms. The van der Waals surface area contributed by atoms with Crippen LogP contribution in [0, 0.1) is 5.92 Å². The minimum absolute atomic E-state index is 0.200. The van der Waals surface area contributed by atoms with Crippen LogP contribution in [0.1, 0.15) is 19.4 Å². The largest absolute Gasteiger partial charge is 0.573 e. The van der Waals surface area contributed by atoms with Gasteiger partial charge in [0.1, 0.15) is 5.75 Å². The van der Waals surface area contributed by atoms with E-state index in [0.717, 1.165) is 5.57 Å². The van der Waals surface area contributed by atoms with Crippen LogP contribution in [0.5, 0.6) is 5.75 Å². The first kappa shape index (κ1) is 15.1. The van der Waals surface area contributed by atoms with E-state index in [0.29, 0.717) is 16.8 Å². The van der Waals surface area contributed by atoms with Crippen molar-refractivity contribution < 1.29 is 17.9 Å². The molecule has 0 saturated carbocycles. The lowest BCUT2D eigenvalue weighted by Gasteiger charge is -2.10. The first-order chi connectivity index (χ1) is 8.31. The highest BCUT2D eigenvalue weighted by molar-refractivity contribution is 9.09. The fraction of sp³-hybridized carbons (Fsp3) is 0.385. The summed E-state index contributed by atoms with van der Waals surface area (Å²) in [6, 6.07) is 5.94. The number of hydrogen-bond acceptors (Lipinski definition) is 1. The Morgan fingerprint density at radius 3 is 2.56 bits per heavy atom. The molecule has 0 aliphatic rings. The lowest BCUT2D eigenvalue weighted by atomic mass is 10.0. The van der Waals surface area contributed by atoms with E-state index in [1.807, 2.05) is 19.9 Å². The molecule has 0 atom stereocenters. The molecule has 0 aliphatic heterocycles. The standard InChI is InChI=1S/C13H14BrF3O/c1-9(2)11(8-14)6-10-4-3-5-12(7-10)18-13(15,16)17/h3-7,9H,8H2,1-2H3/b11-6+. The van der Waals surface area contributed by atoms with Crippen molar-refractivity contribution in [3.8, 4) is 5.75 Å². The van der Waals surface area contributed by atoms with E-state index in [1.165, 1.54) is 12.1 Å². The molecule has 0 amide bonds. The van der Waals surface area contributed by atoms with E-state index < -0.39 is 6.36 Å². The van der Waals surface area contributed by atoms with Crippen LogP contribution in [0.25, 0.3) is 6.08 Å². The Balaban J connectivity index is 2.95. The van der Waals surface area contributed by atoms with Gasteiger partial charge < -0.3 is 4.74 Å². The van der Waals surface area contributed by atoms with Gasteiger partial charge in [0.2, 0.25) is 0 Å². The summed E-state index contributed by atoms with van der Waals surface area (Å²) in [6.45, 7) is 4.06. The number of ether oxygens (including phenoxy) is 1. The van der Waals surface area contributed by atoms with Crippen LogP contribution < -0.4 is 4.74 Å². The summed E-state index contributed by atoms with van der Waals surface area (Å²) in [6.07, 6.45) is -2.79. The van der Waals surface area contributed by atoms with Crippen LogP contribution in [0.3, 0.4) is 0 Å². The number of halogens is 4. The maximum absolute atomic E-state index is 12.1. The third kappa shape index (κ3) is 5.12. The summed E-state index contributed by atoms with van der Waals surface area (Å²) in [5.41, 5.74) is 1.80.